The van der Waals surface area contributed by atoms with Gasteiger partial charge < -0.3 is 11.1 Å². The van der Waals surface area contributed by atoms with Gasteiger partial charge in [0.1, 0.15) is 0 Å². The second-order valence-electron chi connectivity index (χ2n) is 6.25. The fourth-order valence-corrected chi connectivity index (χ4v) is 3.06. The van der Waals surface area contributed by atoms with E-state index in [1.165, 1.54) is 19.3 Å². The number of amides is 1. The van der Waals surface area contributed by atoms with Gasteiger partial charge in [0.05, 0.1) is 0 Å². The molecule has 3 nitrogen and oxygen atoms in total. The fourth-order valence-electron chi connectivity index (χ4n) is 3.06. The zero-order valence-electron chi connectivity index (χ0n) is 11.7. The Labute approximate surface area is 111 Å². The van der Waals surface area contributed by atoms with Gasteiger partial charge in [-0.05, 0) is 56.9 Å². The van der Waals surface area contributed by atoms with Crippen LogP contribution in [0.2, 0.25) is 0 Å². The Morgan fingerprint density at radius 2 is 1.78 bits per heavy atom. The highest BCUT2D eigenvalue weighted by molar-refractivity contribution is 5.79. The molecule has 0 saturated heterocycles. The highest BCUT2D eigenvalue weighted by atomic mass is 16.1. The van der Waals surface area contributed by atoms with Gasteiger partial charge in [-0.25, -0.2) is 0 Å². The van der Waals surface area contributed by atoms with E-state index in [1.807, 2.05) is 0 Å². The van der Waals surface area contributed by atoms with Gasteiger partial charge in [-0.15, -0.1) is 0 Å². The summed E-state index contributed by atoms with van der Waals surface area (Å²) in [6.45, 7) is 2.96. The fraction of sp³-hybridized carbons (Fsp3) is 0.933. The molecule has 2 rings (SSSR count). The molecule has 0 bridgehead atoms. The number of nitrogens with two attached hydrogens (primary N) is 1. The molecule has 2 aliphatic rings. The molecule has 3 N–H and O–H groups in total. The number of nitrogens with one attached hydrogen (secondary N) is 1. The summed E-state index contributed by atoms with van der Waals surface area (Å²) >= 11 is 0. The molecule has 0 aromatic heterocycles. The lowest BCUT2D eigenvalue weighted by Gasteiger charge is -2.28. The zero-order chi connectivity index (χ0) is 13.0. The molecule has 1 amide bonds. The number of rotatable bonds is 6. The van der Waals surface area contributed by atoms with Crippen molar-refractivity contribution in [2.24, 2.45) is 23.5 Å². The Morgan fingerprint density at radius 1 is 1.17 bits per heavy atom. The minimum atomic E-state index is 0.251. The summed E-state index contributed by atoms with van der Waals surface area (Å²) < 4.78 is 0. The number of carbonyl (C=O) groups excluding carboxylic acids is 1. The van der Waals surface area contributed by atoms with Crippen LogP contribution in [0.25, 0.3) is 0 Å². The molecule has 2 saturated carbocycles. The summed E-state index contributed by atoms with van der Waals surface area (Å²) in [6.07, 6.45) is 9.34. The third kappa shape index (κ3) is 3.98. The molecule has 1 unspecified atom stereocenters. The van der Waals surface area contributed by atoms with Crippen molar-refractivity contribution in [3.05, 3.63) is 0 Å². The second-order valence-corrected chi connectivity index (χ2v) is 6.25. The maximum atomic E-state index is 12.2. The Morgan fingerprint density at radius 3 is 2.28 bits per heavy atom. The number of carbonyl (C=O) groups is 1. The lowest BCUT2D eigenvalue weighted by atomic mass is 9.81. The van der Waals surface area contributed by atoms with E-state index in [2.05, 4.69) is 12.2 Å². The molecule has 2 fully saturated rings. The van der Waals surface area contributed by atoms with Crippen LogP contribution in [0, 0.1) is 17.8 Å². The molecular formula is C15H28N2O. The summed E-state index contributed by atoms with van der Waals surface area (Å²) in [6, 6.07) is 0.414. The first-order valence-electron chi connectivity index (χ1n) is 7.73. The molecule has 0 heterocycles. The largest absolute Gasteiger partial charge is 0.353 e. The molecule has 1 atom stereocenters. The summed E-state index contributed by atoms with van der Waals surface area (Å²) in [5, 5.41) is 3.27. The maximum absolute atomic E-state index is 12.2. The standard InChI is InChI=1S/C15H28N2O/c1-2-14(9-11-3-4-11)17-15(18)13-7-5-12(10-16)6-8-13/h11-14H,2-10,16H2,1H3,(H,17,18). The van der Waals surface area contributed by atoms with Crippen LogP contribution < -0.4 is 11.1 Å². The smallest absolute Gasteiger partial charge is 0.223 e. The van der Waals surface area contributed by atoms with E-state index in [4.69, 9.17) is 5.73 Å². The summed E-state index contributed by atoms with van der Waals surface area (Å²) in [7, 11) is 0. The van der Waals surface area contributed by atoms with E-state index in [-0.39, 0.29) is 5.92 Å². The van der Waals surface area contributed by atoms with Crippen LogP contribution in [0.3, 0.4) is 0 Å². The lowest BCUT2D eigenvalue weighted by Crippen LogP contribution is -2.40. The van der Waals surface area contributed by atoms with Gasteiger partial charge >= 0.3 is 0 Å². The van der Waals surface area contributed by atoms with Crippen molar-refractivity contribution in [1.29, 1.82) is 0 Å². The minimum absolute atomic E-state index is 0.251. The first-order valence-corrected chi connectivity index (χ1v) is 7.73. The molecule has 2 aliphatic carbocycles. The molecule has 3 heteroatoms. The molecule has 0 spiro atoms. The van der Waals surface area contributed by atoms with E-state index in [9.17, 15) is 4.79 Å². The SMILES string of the molecule is CCC(CC1CC1)NC(=O)C1CCC(CN)CC1. The minimum Gasteiger partial charge on any atom is -0.353 e. The van der Waals surface area contributed by atoms with Gasteiger partial charge in [-0.3, -0.25) is 4.79 Å². The Bertz CT molecular complexity index is 268. The van der Waals surface area contributed by atoms with E-state index in [1.54, 1.807) is 0 Å². The van der Waals surface area contributed by atoms with Crippen molar-refractivity contribution in [1.82, 2.24) is 5.32 Å². The van der Waals surface area contributed by atoms with Crippen LogP contribution in [-0.2, 0) is 4.79 Å². The maximum Gasteiger partial charge on any atom is 0.223 e. The van der Waals surface area contributed by atoms with Crippen LogP contribution in [0.1, 0.15) is 58.3 Å². The van der Waals surface area contributed by atoms with E-state index >= 15 is 0 Å². The average molecular weight is 252 g/mol. The van der Waals surface area contributed by atoms with Gasteiger partial charge in [0.25, 0.3) is 0 Å². The monoisotopic (exact) mass is 252 g/mol. The summed E-state index contributed by atoms with van der Waals surface area (Å²) in [4.78, 5) is 12.2. The van der Waals surface area contributed by atoms with Crippen molar-refractivity contribution in [3.8, 4) is 0 Å². The van der Waals surface area contributed by atoms with Gasteiger partial charge in [0, 0.05) is 12.0 Å². The van der Waals surface area contributed by atoms with Crippen molar-refractivity contribution in [3.63, 3.8) is 0 Å². The van der Waals surface area contributed by atoms with E-state index in [0.29, 0.717) is 17.9 Å². The molecule has 0 aliphatic heterocycles. The normalized spacial score (nSPS) is 29.9. The quantitative estimate of drug-likeness (QED) is 0.763. The lowest BCUT2D eigenvalue weighted by molar-refractivity contribution is -0.127. The average Bonchev–Trinajstić information content (AvgIpc) is 3.22. The van der Waals surface area contributed by atoms with Gasteiger partial charge in [0.2, 0.25) is 5.91 Å². The summed E-state index contributed by atoms with van der Waals surface area (Å²) in [5.41, 5.74) is 5.69. The molecular weight excluding hydrogens is 224 g/mol. The van der Waals surface area contributed by atoms with Crippen LogP contribution in [0.15, 0.2) is 0 Å². The highest BCUT2D eigenvalue weighted by Crippen LogP contribution is 2.34. The van der Waals surface area contributed by atoms with Gasteiger partial charge in [-0.1, -0.05) is 19.8 Å². The van der Waals surface area contributed by atoms with Crippen molar-refractivity contribution in [2.75, 3.05) is 6.54 Å². The predicted octanol–water partition coefficient (Wildman–Crippen LogP) is 2.45. The third-order valence-electron chi connectivity index (χ3n) is 4.70. The van der Waals surface area contributed by atoms with Gasteiger partial charge in [-0.2, -0.15) is 0 Å². The van der Waals surface area contributed by atoms with Crippen molar-refractivity contribution in [2.45, 2.75) is 64.3 Å². The number of hydrogen-bond donors (Lipinski definition) is 2. The van der Waals surface area contributed by atoms with Crippen LogP contribution in [-0.4, -0.2) is 18.5 Å². The Hall–Kier alpha value is -0.570. The zero-order valence-corrected chi connectivity index (χ0v) is 11.7. The van der Waals surface area contributed by atoms with Crippen molar-refractivity contribution >= 4 is 5.91 Å². The topological polar surface area (TPSA) is 55.1 Å². The highest BCUT2D eigenvalue weighted by Gasteiger charge is 2.29. The first-order chi connectivity index (χ1) is 8.72. The Balaban J connectivity index is 1.72. The molecule has 0 radical (unpaired) electrons. The predicted molar refractivity (Wildman–Crippen MR) is 74.1 cm³/mol. The molecule has 0 aromatic carbocycles. The Kier molecular flexibility index (Phi) is 5.04. The second kappa shape index (κ2) is 6.55. The van der Waals surface area contributed by atoms with E-state index < -0.39 is 0 Å². The van der Waals surface area contributed by atoms with E-state index in [0.717, 1.165) is 44.6 Å². The van der Waals surface area contributed by atoms with Crippen LogP contribution in [0.4, 0.5) is 0 Å². The summed E-state index contributed by atoms with van der Waals surface area (Å²) in [5.74, 6) is 2.10. The van der Waals surface area contributed by atoms with Crippen LogP contribution in [0.5, 0.6) is 0 Å². The van der Waals surface area contributed by atoms with Crippen LogP contribution >= 0.6 is 0 Å². The molecule has 104 valence electrons. The first kappa shape index (κ1) is 13.9. The van der Waals surface area contributed by atoms with Gasteiger partial charge in [0.15, 0.2) is 0 Å². The third-order valence-corrected chi connectivity index (χ3v) is 4.70. The van der Waals surface area contributed by atoms with Crippen molar-refractivity contribution < 1.29 is 4.79 Å². The molecule has 0 aromatic rings. The number of hydrogen-bond acceptors (Lipinski definition) is 2. The molecule has 18 heavy (non-hydrogen) atoms.